The molecule has 0 radical (unpaired) electrons. The van der Waals surface area contributed by atoms with Crippen molar-refractivity contribution in [3.05, 3.63) is 10.4 Å². The second kappa shape index (κ2) is 3.58. The first kappa shape index (κ1) is 10.0. The Bertz CT molecular complexity index is 329. The van der Waals surface area contributed by atoms with Crippen molar-refractivity contribution in [2.45, 2.75) is 24.5 Å². The summed E-state index contributed by atoms with van der Waals surface area (Å²) in [6.45, 7) is 0.232. The molecule has 8 heteroatoms. The highest BCUT2D eigenvalue weighted by Gasteiger charge is 2.55. The van der Waals surface area contributed by atoms with E-state index in [1.54, 1.807) is 0 Å². The molecule has 2 N–H and O–H groups in total. The molecule has 2 aliphatic heterocycles. The summed E-state index contributed by atoms with van der Waals surface area (Å²) in [5, 5.41) is 8.66. The number of azide groups is 1. The number of nitrogens with one attached hydrogen (secondary N) is 2. The molecular formula is C7H11N5O3. The van der Waals surface area contributed by atoms with E-state index in [0.29, 0.717) is 6.42 Å². The average molecular weight is 213 g/mol. The van der Waals surface area contributed by atoms with E-state index in [1.165, 1.54) is 7.11 Å². The number of amides is 2. The molecule has 0 aromatic heterocycles. The van der Waals surface area contributed by atoms with Gasteiger partial charge in [-0.2, -0.15) is 0 Å². The number of hydrogen-bond donors (Lipinski definition) is 2. The molecule has 2 heterocycles. The monoisotopic (exact) mass is 213 g/mol. The van der Waals surface area contributed by atoms with Gasteiger partial charge in [0.05, 0.1) is 12.6 Å². The third-order valence-electron chi connectivity index (χ3n) is 2.58. The van der Waals surface area contributed by atoms with Crippen molar-refractivity contribution in [2.75, 3.05) is 13.7 Å². The number of ether oxygens (including phenoxy) is 2. The van der Waals surface area contributed by atoms with Crippen LogP contribution in [-0.2, 0) is 9.47 Å². The summed E-state index contributed by atoms with van der Waals surface area (Å²) < 4.78 is 10.7. The van der Waals surface area contributed by atoms with Crippen molar-refractivity contribution >= 4 is 6.03 Å². The quantitative estimate of drug-likeness (QED) is 0.393. The third-order valence-corrected chi connectivity index (χ3v) is 2.58. The van der Waals surface area contributed by atoms with Crippen molar-refractivity contribution in [2.24, 2.45) is 5.11 Å². The van der Waals surface area contributed by atoms with E-state index < -0.39 is 12.0 Å². The largest absolute Gasteiger partial charge is 0.354 e. The summed E-state index contributed by atoms with van der Waals surface area (Å²) in [4.78, 5) is 13.7. The fourth-order valence-electron chi connectivity index (χ4n) is 1.89. The third kappa shape index (κ3) is 1.58. The fraction of sp³-hybridized carbons (Fsp3) is 0.857. The first-order chi connectivity index (χ1) is 7.20. The first-order valence-corrected chi connectivity index (χ1v) is 4.50. The van der Waals surface area contributed by atoms with Crippen LogP contribution in [0.1, 0.15) is 6.42 Å². The van der Waals surface area contributed by atoms with Gasteiger partial charge >= 0.3 is 6.03 Å². The highest BCUT2D eigenvalue weighted by atomic mass is 16.6. The van der Waals surface area contributed by atoms with Gasteiger partial charge in [0.1, 0.15) is 0 Å². The second-order valence-corrected chi connectivity index (χ2v) is 3.45. The molecule has 0 aromatic carbocycles. The van der Waals surface area contributed by atoms with Gasteiger partial charge in [0.25, 0.3) is 0 Å². The zero-order valence-corrected chi connectivity index (χ0v) is 8.14. The van der Waals surface area contributed by atoms with Gasteiger partial charge < -0.3 is 20.1 Å². The lowest BCUT2D eigenvalue weighted by Gasteiger charge is -2.23. The van der Waals surface area contributed by atoms with Crippen molar-refractivity contribution in [3.8, 4) is 0 Å². The Morgan fingerprint density at radius 3 is 3.27 bits per heavy atom. The minimum absolute atomic E-state index is 0.232. The maximum atomic E-state index is 11.1. The number of carbonyl (C=O) groups is 1. The predicted octanol–water partition coefficient (Wildman–Crippen LogP) is 0.0672. The van der Waals surface area contributed by atoms with E-state index in [-0.39, 0.29) is 18.7 Å². The number of nitrogens with zero attached hydrogens (tertiary/aromatic N) is 3. The summed E-state index contributed by atoms with van der Waals surface area (Å²) in [5.41, 5.74) is 7.35. The highest BCUT2D eigenvalue weighted by Crippen LogP contribution is 2.33. The van der Waals surface area contributed by atoms with Crippen LogP contribution < -0.4 is 10.6 Å². The van der Waals surface area contributed by atoms with Crippen molar-refractivity contribution < 1.29 is 14.3 Å². The average Bonchev–Trinajstić information content (AvgIpc) is 2.67. The van der Waals surface area contributed by atoms with Gasteiger partial charge in [-0.3, -0.25) is 0 Å². The smallest absolute Gasteiger partial charge is 0.319 e. The SMILES string of the molecule is CO[C@]12C[C@H](CN=[N+]=[N-])O[C@H]1NC(=O)N2. The lowest BCUT2D eigenvalue weighted by molar-refractivity contribution is -0.0720. The summed E-state index contributed by atoms with van der Waals surface area (Å²) >= 11 is 0. The Morgan fingerprint density at radius 1 is 1.87 bits per heavy atom. The van der Waals surface area contributed by atoms with Crippen LogP contribution in [0.3, 0.4) is 0 Å². The molecule has 82 valence electrons. The Morgan fingerprint density at radius 2 is 2.67 bits per heavy atom. The molecule has 0 bridgehead atoms. The Labute approximate surface area is 85.5 Å². The number of rotatable bonds is 3. The lowest BCUT2D eigenvalue weighted by atomic mass is 10.1. The molecule has 0 unspecified atom stereocenters. The molecule has 8 nitrogen and oxygen atoms in total. The van der Waals surface area contributed by atoms with Crippen LogP contribution in [-0.4, -0.2) is 37.7 Å². The van der Waals surface area contributed by atoms with Crippen molar-refractivity contribution in [3.63, 3.8) is 0 Å². The van der Waals surface area contributed by atoms with E-state index in [4.69, 9.17) is 15.0 Å². The van der Waals surface area contributed by atoms with Crippen LogP contribution in [0.15, 0.2) is 5.11 Å². The van der Waals surface area contributed by atoms with E-state index in [2.05, 4.69) is 20.7 Å². The summed E-state index contributed by atoms with van der Waals surface area (Å²) in [6, 6.07) is -0.316. The first-order valence-electron chi connectivity index (χ1n) is 4.50. The second-order valence-electron chi connectivity index (χ2n) is 3.45. The molecule has 0 aliphatic carbocycles. The van der Waals surface area contributed by atoms with Gasteiger partial charge in [-0.15, -0.1) is 0 Å². The van der Waals surface area contributed by atoms with E-state index >= 15 is 0 Å². The van der Waals surface area contributed by atoms with Crippen LogP contribution in [0.5, 0.6) is 0 Å². The van der Waals surface area contributed by atoms with Gasteiger partial charge in [0.2, 0.25) is 0 Å². The van der Waals surface area contributed by atoms with E-state index in [1.807, 2.05) is 0 Å². The molecular weight excluding hydrogens is 202 g/mol. The Balaban J connectivity index is 2.06. The van der Waals surface area contributed by atoms with Crippen molar-refractivity contribution in [1.82, 2.24) is 10.6 Å². The van der Waals surface area contributed by atoms with Gasteiger partial charge in [-0.05, 0) is 5.53 Å². The van der Waals surface area contributed by atoms with Gasteiger partial charge in [-0.25, -0.2) is 4.79 Å². The molecule has 0 saturated carbocycles. The highest BCUT2D eigenvalue weighted by molar-refractivity contribution is 5.77. The molecule has 2 amide bonds. The summed E-state index contributed by atoms with van der Waals surface area (Å²) in [5.74, 6) is 0. The standard InChI is InChI=1S/C7H11N5O3/c1-14-7-2-4(3-9-12-8)15-5(7)10-6(13)11-7/h4-5H,2-3H2,1H3,(H2,10,11,13)/t4-,5-,7-/m1/s1. The Hall–Kier alpha value is -1.50. The molecule has 2 fully saturated rings. The number of carbonyl (C=O) groups excluding carboxylic acids is 1. The number of methoxy groups -OCH3 is 1. The normalized spacial score (nSPS) is 37.8. The maximum absolute atomic E-state index is 11.1. The fourth-order valence-corrected chi connectivity index (χ4v) is 1.89. The zero-order valence-electron chi connectivity index (χ0n) is 8.14. The topological polar surface area (TPSA) is 108 Å². The van der Waals surface area contributed by atoms with Gasteiger partial charge in [0.15, 0.2) is 12.0 Å². The van der Waals surface area contributed by atoms with Crippen LogP contribution in [0.2, 0.25) is 0 Å². The van der Waals surface area contributed by atoms with Crippen molar-refractivity contribution in [1.29, 1.82) is 0 Å². The maximum Gasteiger partial charge on any atom is 0.319 e. The molecule has 15 heavy (non-hydrogen) atoms. The minimum atomic E-state index is -0.827. The van der Waals surface area contributed by atoms with Crippen LogP contribution in [0, 0.1) is 0 Å². The molecule has 0 aromatic rings. The Kier molecular flexibility index (Phi) is 2.39. The summed E-state index contributed by atoms with van der Waals surface area (Å²) in [7, 11) is 1.50. The number of urea groups is 1. The summed E-state index contributed by atoms with van der Waals surface area (Å²) in [6.07, 6.45) is -0.292. The molecule has 2 rings (SSSR count). The van der Waals surface area contributed by atoms with Crippen LogP contribution in [0.25, 0.3) is 10.4 Å². The van der Waals surface area contributed by atoms with Gasteiger partial charge in [-0.1, -0.05) is 5.11 Å². The lowest BCUT2D eigenvalue weighted by Crippen LogP contribution is -2.47. The zero-order chi connectivity index (χ0) is 10.9. The molecule has 2 saturated heterocycles. The van der Waals surface area contributed by atoms with Crippen LogP contribution in [0.4, 0.5) is 4.79 Å². The van der Waals surface area contributed by atoms with E-state index in [0.717, 1.165) is 0 Å². The molecule has 0 spiro atoms. The molecule has 3 atom stereocenters. The number of fused-ring (bicyclic) bond motifs is 1. The van der Waals surface area contributed by atoms with Crippen LogP contribution >= 0.6 is 0 Å². The van der Waals surface area contributed by atoms with E-state index in [9.17, 15) is 4.79 Å². The minimum Gasteiger partial charge on any atom is -0.354 e. The number of hydrogen-bond acceptors (Lipinski definition) is 4. The molecule has 2 aliphatic rings. The van der Waals surface area contributed by atoms with Gasteiger partial charge in [0, 0.05) is 18.4 Å². The predicted molar refractivity (Wildman–Crippen MR) is 48.7 cm³/mol.